The van der Waals surface area contributed by atoms with E-state index in [2.05, 4.69) is 10.3 Å². The molecule has 1 aliphatic heterocycles. The number of benzodiazepines with no additional fused rings is 1. The van der Waals surface area contributed by atoms with Gasteiger partial charge in [0.2, 0.25) is 5.91 Å². The third-order valence-electron chi connectivity index (χ3n) is 5.08. The third kappa shape index (κ3) is 4.74. The second-order valence-corrected chi connectivity index (χ2v) is 8.24. The van der Waals surface area contributed by atoms with E-state index in [9.17, 15) is 18.4 Å². The van der Waals surface area contributed by atoms with Crippen LogP contribution in [0, 0.1) is 11.6 Å². The molecule has 0 aromatic heterocycles. The number of hydrogen-bond donors (Lipinski definition) is 1. The fraction of sp³-hybridized carbons (Fsp3) is 0.125. The maximum absolute atomic E-state index is 14.6. The highest BCUT2D eigenvalue weighted by Crippen LogP contribution is 2.31. The van der Waals surface area contributed by atoms with Crippen molar-refractivity contribution in [3.63, 3.8) is 0 Å². The van der Waals surface area contributed by atoms with Crippen LogP contribution in [0.5, 0.6) is 0 Å². The van der Waals surface area contributed by atoms with Gasteiger partial charge in [-0.3, -0.25) is 14.6 Å². The van der Waals surface area contributed by atoms with Crippen LogP contribution >= 0.6 is 23.2 Å². The van der Waals surface area contributed by atoms with E-state index in [-0.39, 0.29) is 28.5 Å². The quantitative estimate of drug-likeness (QED) is 0.529. The van der Waals surface area contributed by atoms with E-state index in [1.807, 2.05) is 0 Å². The lowest BCUT2D eigenvalue weighted by atomic mass is 9.99. The standard InChI is InChI=1S/C24H17Cl2F2N3O2/c1-13-24(33)31(12-22(32)30-15-7-8-20(28)18(26)11-15)21-9-6-14(25)10-17(21)23(29-13)16-4-2-3-5-19(16)27/h2-11,13H,12H2,1H3,(H,30,32)/t13-/m1/s1. The molecule has 4 rings (SSSR count). The zero-order valence-electron chi connectivity index (χ0n) is 17.3. The predicted molar refractivity (Wildman–Crippen MR) is 125 cm³/mol. The number of carbonyl (C=O) groups excluding carboxylic acids is 2. The van der Waals surface area contributed by atoms with Gasteiger partial charge in [-0.05, 0) is 55.5 Å². The van der Waals surface area contributed by atoms with E-state index >= 15 is 0 Å². The molecule has 1 heterocycles. The Morgan fingerprint density at radius 3 is 2.52 bits per heavy atom. The van der Waals surface area contributed by atoms with Gasteiger partial charge in [0.15, 0.2) is 0 Å². The summed E-state index contributed by atoms with van der Waals surface area (Å²) in [5.74, 6) is -2.10. The van der Waals surface area contributed by atoms with Crippen LogP contribution in [0.25, 0.3) is 0 Å². The molecule has 0 unspecified atom stereocenters. The summed E-state index contributed by atoms with van der Waals surface area (Å²) >= 11 is 12.0. The van der Waals surface area contributed by atoms with Crippen molar-refractivity contribution in [3.05, 3.63) is 93.5 Å². The Kier molecular flexibility index (Phi) is 6.44. The summed E-state index contributed by atoms with van der Waals surface area (Å²) in [4.78, 5) is 31.7. The maximum atomic E-state index is 14.6. The molecule has 0 bridgehead atoms. The number of nitrogens with one attached hydrogen (secondary N) is 1. The summed E-state index contributed by atoms with van der Waals surface area (Å²) in [6, 6.07) is 13.7. The lowest BCUT2D eigenvalue weighted by molar-refractivity contribution is -0.122. The minimum atomic E-state index is -0.890. The Labute approximate surface area is 198 Å². The van der Waals surface area contributed by atoms with E-state index in [4.69, 9.17) is 23.2 Å². The summed E-state index contributed by atoms with van der Waals surface area (Å²) in [7, 11) is 0. The van der Waals surface area contributed by atoms with Crippen LogP contribution in [-0.2, 0) is 9.59 Å². The van der Waals surface area contributed by atoms with Gasteiger partial charge >= 0.3 is 0 Å². The van der Waals surface area contributed by atoms with Crippen LogP contribution in [0.15, 0.2) is 65.7 Å². The van der Waals surface area contributed by atoms with Crippen molar-refractivity contribution in [2.45, 2.75) is 13.0 Å². The summed E-state index contributed by atoms with van der Waals surface area (Å²) in [5.41, 5.74) is 1.54. The van der Waals surface area contributed by atoms with Crippen molar-refractivity contribution >= 4 is 52.1 Å². The molecule has 0 aliphatic carbocycles. The van der Waals surface area contributed by atoms with Gasteiger partial charge < -0.3 is 10.2 Å². The average Bonchev–Trinajstić information content (AvgIpc) is 2.87. The highest BCUT2D eigenvalue weighted by atomic mass is 35.5. The first-order valence-corrected chi connectivity index (χ1v) is 10.7. The van der Waals surface area contributed by atoms with E-state index in [0.717, 1.165) is 6.07 Å². The number of rotatable bonds is 4. The first kappa shape index (κ1) is 22.9. The normalized spacial score (nSPS) is 15.5. The molecule has 1 atom stereocenters. The molecule has 168 valence electrons. The molecule has 0 saturated heterocycles. The Morgan fingerprint density at radius 1 is 1.03 bits per heavy atom. The minimum absolute atomic E-state index is 0.143. The average molecular weight is 488 g/mol. The van der Waals surface area contributed by atoms with Gasteiger partial charge in [-0.2, -0.15) is 0 Å². The molecule has 0 fully saturated rings. The van der Waals surface area contributed by atoms with Crippen molar-refractivity contribution in [2.75, 3.05) is 16.8 Å². The number of fused-ring (bicyclic) bond motifs is 1. The summed E-state index contributed by atoms with van der Waals surface area (Å²) in [6.07, 6.45) is 0. The number of anilines is 2. The Balaban J connectivity index is 1.72. The summed E-state index contributed by atoms with van der Waals surface area (Å²) in [6.45, 7) is 1.22. The number of hydrogen-bond acceptors (Lipinski definition) is 3. The summed E-state index contributed by atoms with van der Waals surface area (Å²) < 4.78 is 28.0. The highest BCUT2D eigenvalue weighted by molar-refractivity contribution is 6.32. The molecule has 0 saturated carbocycles. The number of nitrogens with zero attached hydrogens (tertiary/aromatic N) is 2. The number of aliphatic imine (C=N–C) groups is 1. The highest BCUT2D eigenvalue weighted by Gasteiger charge is 2.31. The molecule has 3 aromatic rings. The van der Waals surface area contributed by atoms with Crippen molar-refractivity contribution in [1.82, 2.24) is 0 Å². The van der Waals surface area contributed by atoms with Crippen molar-refractivity contribution in [2.24, 2.45) is 4.99 Å². The second kappa shape index (κ2) is 9.29. The third-order valence-corrected chi connectivity index (χ3v) is 5.61. The molecule has 5 nitrogen and oxygen atoms in total. The molecular formula is C24H17Cl2F2N3O2. The molecule has 33 heavy (non-hydrogen) atoms. The molecule has 0 spiro atoms. The largest absolute Gasteiger partial charge is 0.324 e. The molecule has 1 N–H and O–H groups in total. The van der Waals surface area contributed by atoms with E-state index in [1.54, 1.807) is 43.3 Å². The van der Waals surface area contributed by atoms with Crippen LogP contribution in [0.3, 0.4) is 0 Å². The van der Waals surface area contributed by atoms with Crippen LogP contribution in [-0.4, -0.2) is 30.1 Å². The monoisotopic (exact) mass is 487 g/mol. The van der Waals surface area contributed by atoms with Gasteiger partial charge in [-0.25, -0.2) is 8.78 Å². The lowest BCUT2D eigenvalue weighted by Gasteiger charge is -2.24. The number of benzene rings is 3. The first-order valence-electron chi connectivity index (χ1n) is 9.93. The molecule has 3 aromatic carbocycles. The Morgan fingerprint density at radius 2 is 1.79 bits per heavy atom. The van der Waals surface area contributed by atoms with E-state index in [1.165, 1.54) is 23.1 Å². The van der Waals surface area contributed by atoms with Crippen LogP contribution in [0.4, 0.5) is 20.2 Å². The van der Waals surface area contributed by atoms with Crippen molar-refractivity contribution in [1.29, 1.82) is 0 Å². The van der Waals surface area contributed by atoms with E-state index in [0.29, 0.717) is 16.3 Å². The maximum Gasteiger partial charge on any atom is 0.252 e. The van der Waals surface area contributed by atoms with Gasteiger partial charge in [0.1, 0.15) is 24.2 Å². The van der Waals surface area contributed by atoms with Crippen LogP contribution in [0.2, 0.25) is 10.0 Å². The molecule has 1 aliphatic rings. The topological polar surface area (TPSA) is 61.8 Å². The zero-order chi connectivity index (χ0) is 23.7. The first-order chi connectivity index (χ1) is 15.7. The van der Waals surface area contributed by atoms with Gasteiger partial charge in [-0.1, -0.05) is 35.3 Å². The predicted octanol–water partition coefficient (Wildman–Crippen LogP) is 5.48. The SMILES string of the molecule is C[C@H]1N=C(c2ccccc2F)c2cc(Cl)ccc2N(CC(=O)Nc2ccc(F)c(Cl)c2)C1=O. The number of halogens is 4. The van der Waals surface area contributed by atoms with Crippen molar-refractivity contribution < 1.29 is 18.4 Å². The van der Waals surface area contributed by atoms with Gasteiger partial charge in [0.25, 0.3) is 5.91 Å². The van der Waals surface area contributed by atoms with Gasteiger partial charge in [0, 0.05) is 21.8 Å². The molecule has 2 amide bonds. The molecular weight excluding hydrogens is 471 g/mol. The van der Waals surface area contributed by atoms with Crippen LogP contribution in [0.1, 0.15) is 18.1 Å². The molecule has 0 radical (unpaired) electrons. The zero-order valence-corrected chi connectivity index (χ0v) is 18.8. The van der Waals surface area contributed by atoms with Gasteiger partial charge in [-0.15, -0.1) is 0 Å². The lowest BCUT2D eigenvalue weighted by Crippen LogP contribution is -2.42. The summed E-state index contributed by atoms with van der Waals surface area (Å²) in [5, 5.41) is 2.82. The Bertz CT molecular complexity index is 1300. The minimum Gasteiger partial charge on any atom is -0.324 e. The van der Waals surface area contributed by atoms with Crippen molar-refractivity contribution in [3.8, 4) is 0 Å². The van der Waals surface area contributed by atoms with Crippen LogP contribution < -0.4 is 10.2 Å². The smallest absolute Gasteiger partial charge is 0.252 e. The molecule has 9 heteroatoms. The Hall–Kier alpha value is -3.29. The fourth-order valence-corrected chi connectivity index (χ4v) is 3.90. The second-order valence-electron chi connectivity index (χ2n) is 7.40. The number of carbonyl (C=O) groups is 2. The van der Waals surface area contributed by atoms with E-state index < -0.39 is 29.5 Å². The fourth-order valence-electron chi connectivity index (χ4n) is 3.54. The van der Waals surface area contributed by atoms with Gasteiger partial charge in [0.05, 0.1) is 16.4 Å². The number of amides is 2.